The highest BCUT2D eigenvalue weighted by molar-refractivity contribution is 6.30. The maximum atomic E-state index is 14.7. The minimum atomic E-state index is -0.907. The summed E-state index contributed by atoms with van der Waals surface area (Å²) >= 11 is 5.89. The van der Waals surface area contributed by atoms with Gasteiger partial charge in [-0.2, -0.15) is 9.97 Å². The molecule has 0 aliphatic carbocycles. The summed E-state index contributed by atoms with van der Waals surface area (Å²) < 4.78 is 34.6. The van der Waals surface area contributed by atoms with Crippen LogP contribution in [0.15, 0.2) is 6.20 Å². The molecule has 0 radical (unpaired) electrons. The third-order valence-electron chi connectivity index (χ3n) is 5.59. The highest BCUT2D eigenvalue weighted by Gasteiger charge is 2.23. The van der Waals surface area contributed by atoms with Crippen molar-refractivity contribution in [2.45, 2.75) is 44.7 Å². The summed E-state index contributed by atoms with van der Waals surface area (Å²) in [5.41, 5.74) is 3.40. The summed E-state index contributed by atoms with van der Waals surface area (Å²) in [6.45, 7) is 2.99. The predicted octanol–water partition coefficient (Wildman–Crippen LogP) is 3.42. The number of hydrogen-bond donors (Lipinski definition) is 2. The van der Waals surface area contributed by atoms with Crippen LogP contribution in [0.5, 0.6) is 6.01 Å². The number of anilines is 1. The molecule has 0 aromatic carbocycles. The van der Waals surface area contributed by atoms with Crippen molar-refractivity contribution in [2.75, 3.05) is 37.8 Å². The second-order valence-electron chi connectivity index (χ2n) is 7.93. The van der Waals surface area contributed by atoms with Crippen LogP contribution in [-0.4, -0.2) is 53.9 Å². The molecule has 2 aromatic heterocycles. The SMILES string of the molecule is Fc1c(Cl)ncc2c(N3CCCCCN3)nc(OC[C@@H]3CCCNC[C@H](F)C3)nc12. The zero-order valence-corrected chi connectivity index (χ0v) is 17.6. The monoisotopic (exact) mass is 440 g/mol. The van der Waals surface area contributed by atoms with Crippen molar-refractivity contribution in [2.24, 2.45) is 5.92 Å². The van der Waals surface area contributed by atoms with Crippen LogP contribution < -0.4 is 20.5 Å². The Morgan fingerprint density at radius 1 is 1.20 bits per heavy atom. The van der Waals surface area contributed by atoms with E-state index in [9.17, 15) is 8.78 Å². The Balaban J connectivity index is 1.61. The van der Waals surface area contributed by atoms with E-state index in [0.717, 1.165) is 51.7 Å². The summed E-state index contributed by atoms with van der Waals surface area (Å²) in [5.74, 6) is -0.115. The van der Waals surface area contributed by atoms with Crippen LogP contribution in [0.4, 0.5) is 14.6 Å². The van der Waals surface area contributed by atoms with Crippen LogP contribution in [-0.2, 0) is 0 Å². The zero-order valence-electron chi connectivity index (χ0n) is 16.8. The van der Waals surface area contributed by atoms with Gasteiger partial charge in [0.05, 0.1) is 12.0 Å². The van der Waals surface area contributed by atoms with Gasteiger partial charge in [-0.15, -0.1) is 0 Å². The largest absolute Gasteiger partial charge is 0.463 e. The van der Waals surface area contributed by atoms with Gasteiger partial charge in [0.2, 0.25) is 0 Å². The Labute approximate surface area is 179 Å². The number of ether oxygens (including phenoxy) is 1. The van der Waals surface area contributed by atoms with E-state index >= 15 is 0 Å². The van der Waals surface area contributed by atoms with Gasteiger partial charge in [0.15, 0.2) is 16.8 Å². The third kappa shape index (κ3) is 5.07. The summed E-state index contributed by atoms with van der Waals surface area (Å²) in [4.78, 5) is 12.8. The first-order chi connectivity index (χ1) is 14.6. The van der Waals surface area contributed by atoms with Crippen molar-refractivity contribution in [3.8, 4) is 6.01 Å². The summed E-state index contributed by atoms with van der Waals surface area (Å²) in [5, 5.41) is 5.23. The number of nitrogens with one attached hydrogen (secondary N) is 2. The van der Waals surface area contributed by atoms with Crippen molar-refractivity contribution < 1.29 is 13.5 Å². The molecule has 7 nitrogen and oxygen atoms in total. The molecule has 2 aliphatic heterocycles. The average Bonchev–Trinajstić information content (AvgIpc) is 3.01. The first-order valence-corrected chi connectivity index (χ1v) is 11.0. The number of halogens is 3. The normalized spacial score (nSPS) is 23.6. The summed E-state index contributed by atoms with van der Waals surface area (Å²) in [6, 6.07) is 0.0697. The minimum absolute atomic E-state index is 0.0621. The van der Waals surface area contributed by atoms with Gasteiger partial charge in [0.25, 0.3) is 0 Å². The van der Waals surface area contributed by atoms with E-state index in [-0.39, 0.29) is 22.6 Å². The van der Waals surface area contributed by atoms with Crippen molar-refractivity contribution in [3.05, 3.63) is 17.2 Å². The molecule has 2 atom stereocenters. The van der Waals surface area contributed by atoms with Gasteiger partial charge in [0, 0.05) is 25.8 Å². The molecule has 0 saturated carbocycles. The molecule has 0 spiro atoms. The lowest BCUT2D eigenvalue weighted by atomic mass is 9.96. The molecule has 0 bridgehead atoms. The average molecular weight is 441 g/mol. The van der Waals surface area contributed by atoms with E-state index in [1.807, 2.05) is 5.01 Å². The van der Waals surface area contributed by atoms with E-state index in [4.69, 9.17) is 16.3 Å². The Kier molecular flexibility index (Phi) is 7.12. The van der Waals surface area contributed by atoms with Gasteiger partial charge >= 0.3 is 6.01 Å². The summed E-state index contributed by atoms with van der Waals surface area (Å²) in [7, 11) is 0. The van der Waals surface area contributed by atoms with E-state index < -0.39 is 12.0 Å². The van der Waals surface area contributed by atoms with Crippen LogP contribution in [0.2, 0.25) is 5.15 Å². The van der Waals surface area contributed by atoms with Crippen molar-refractivity contribution in [3.63, 3.8) is 0 Å². The van der Waals surface area contributed by atoms with Crippen LogP contribution in [0.25, 0.3) is 10.9 Å². The highest BCUT2D eigenvalue weighted by Crippen LogP contribution is 2.30. The minimum Gasteiger partial charge on any atom is -0.463 e. The predicted molar refractivity (Wildman–Crippen MR) is 112 cm³/mol. The van der Waals surface area contributed by atoms with E-state index in [0.29, 0.717) is 30.8 Å². The molecular formula is C20H27ClF2N6O. The first-order valence-electron chi connectivity index (χ1n) is 10.6. The van der Waals surface area contributed by atoms with E-state index in [1.165, 1.54) is 6.20 Å². The van der Waals surface area contributed by atoms with Gasteiger partial charge in [-0.05, 0) is 44.6 Å². The molecule has 30 heavy (non-hydrogen) atoms. The maximum absolute atomic E-state index is 14.7. The topological polar surface area (TPSA) is 75.2 Å². The van der Waals surface area contributed by atoms with E-state index in [1.54, 1.807) is 0 Å². The molecule has 2 aromatic rings. The number of nitrogens with zero attached hydrogens (tertiary/aromatic N) is 4. The molecule has 10 heteroatoms. The van der Waals surface area contributed by atoms with E-state index in [2.05, 4.69) is 25.7 Å². The molecule has 2 saturated heterocycles. The molecular weight excluding hydrogens is 414 g/mol. The van der Waals surface area contributed by atoms with Crippen molar-refractivity contribution in [1.82, 2.24) is 25.7 Å². The van der Waals surface area contributed by atoms with Gasteiger partial charge in [-0.1, -0.05) is 18.0 Å². The second kappa shape index (κ2) is 9.98. The van der Waals surface area contributed by atoms with Gasteiger partial charge in [0.1, 0.15) is 11.7 Å². The zero-order chi connectivity index (χ0) is 20.9. The van der Waals surface area contributed by atoms with Crippen LogP contribution in [0.1, 0.15) is 38.5 Å². The van der Waals surface area contributed by atoms with Gasteiger partial charge in [-0.25, -0.2) is 19.2 Å². The number of rotatable bonds is 4. The van der Waals surface area contributed by atoms with Gasteiger partial charge < -0.3 is 10.1 Å². The lowest BCUT2D eigenvalue weighted by molar-refractivity contribution is 0.166. The van der Waals surface area contributed by atoms with Crippen LogP contribution in [0, 0.1) is 11.7 Å². The smallest absolute Gasteiger partial charge is 0.319 e. The van der Waals surface area contributed by atoms with Crippen molar-refractivity contribution >= 4 is 28.3 Å². The molecule has 2 fully saturated rings. The Morgan fingerprint density at radius 3 is 3.00 bits per heavy atom. The fourth-order valence-corrected chi connectivity index (χ4v) is 4.13. The molecule has 0 amide bonds. The second-order valence-corrected chi connectivity index (χ2v) is 8.29. The fraction of sp³-hybridized carbons (Fsp3) is 0.650. The first kappa shape index (κ1) is 21.4. The fourth-order valence-electron chi connectivity index (χ4n) is 4.00. The Hall–Kier alpha value is -1.84. The molecule has 0 unspecified atom stereocenters. The Bertz CT molecular complexity index is 865. The number of aromatic nitrogens is 3. The standard InChI is InChI=1S/C20H27ClF2N6O/c21-18-16(23)17-15(11-25-18)19(29-8-3-1-2-7-26-29)28-20(27-17)30-12-13-5-4-6-24-10-14(22)9-13/h11,13-14,24,26H,1-10,12H2/t13-,14-/m1/s1. The number of hydrazine groups is 1. The van der Waals surface area contributed by atoms with Crippen LogP contribution >= 0.6 is 11.6 Å². The number of fused-ring (bicyclic) bond motifs is 1. The molecule has 4 rings (SSSR count). The molecule has 2 aliphatic rings. The lowest BCUT2D eigenvalue weighted by Crippen LogP contribution is -2.38. The highest BCUT2D eigenvalue weighted by atomic mass is 35.5. The van der Waals surface area contributed by atoms with Gasteiger partial charge in [-0.3, -0.25) is 5.01 Å². The number of hydrogen-bond acceptors (Lipinski definition) is 7. The maximum Gasteiger partial charge on any atom is 0.319 e. The van der Waals surface area contributed by atoms with Crippen LogP contribution in [0.3, 0.4) is 0 Å². The third-order valence-corrected chi connectivity index (χ3v) is 5.85. The molecule has 4 heterocycles. The number of pyridine rings is 1. The number of alkyl halides is 1. The Morgan fingerprint density at radius 2 is 2.10 bits per heavy atom. The van der Waals surface area contributed by atoms with Crippen molar-refractivity contribution in [1.29, 1.82) is 0 Å². The molecule has 2 N–H and O–H groups in total. The summed E-state index contributed by atoms with van der Waals surface area (Å²) in [6.07, 6.45) is 5.97. The molecule has 164 valence electrons. The lowest BCUT2D eigenvalue weighted by Gasteiger charge is -2.25. The quantitative estimate of drug-likeness (QED) is 0.705.